The highest BCUT2D eigenvalue weighted by Gasteiger charge is 2.31. The molecule has 1 heterocycles. The average molecular weight is 217 g/mol. The van der Waals surface area contributed by atoms with Crippen molar-refractivity contribution in [2.75, 3.05) is 6.54 Å². The van der Waals surface area contributed by atoms with Crippen molar-refractivity contribution >= 4 is 7.05 Å². The third-order valence-corrected chi connectivity index (χ3v) is 3.33. The summed E-state index contributed by atoms with van der Waals surface area (Å²) in [5.74, 6) is 0. The molecular formula is C13H20BNO. The van der Waals surface area contributed by atoms with E-state index in [0.717, 1.165) is 13.0 Å². The summed E-state index contributed by atoms with van der Waals surface area (Å²) >= 11 is 0. The van der Waals surface area contributed by atoms with Gasteiger partial charge >= 0.3 is 7.05 Å². The van der Waals surface area contributed by atoms with Crippen LogP contribution in [0.3, 0.4) is 0 Å². The van der Waals surface area contributed by atoms with Gasteiger partial charge in [0.2, 0.25) is 0 Å². The maximum Gasteiger partial charge on any atom is 0.376 e. The van der Waals surface area contributed by atoms with E-state index >= 15 is 0 Å². The highest BCUT2D eigenvalue weighted by molar-refractivity contribution is 6.47. The Morgan fingerprint density at radius 1 is 1.25 bits per heavy atom. The normalized spacial score (nSPS) is 27.2. The zero-order chi connectivity index (χ0) is 11.4. The van der Waals surface area contributed by atoms with Gasteiger partial charge in [0.15, 0.2) is 0 Å². The first kappa shape index (κ1) is 11.7. The van der Waals surface area contributed by atoms with Gasteiger partial charge in [-0.25, -0.2) is 0 Å². The molecule has 1 N–H and O–H groups in total. The first-order valence-corrected chi connectivity index (χ1v) is 6.17. The second-order valence-corrected chi connectivity index (χ2v) is 4.77. The monoisotopic (exact) mass is 217 g/mol. The fraction of sp³-hybridized carbons (Fsp3) is 0.538. The quantitative estimate of drug-likeness (QED) is 0.730. The standard InChI is InChI=1S/C13H20BNO/c1-13(12-8-4-3-5-9-12)10-6-7-11-15-14(2)16-13/h3-5,8-9,15H,6-7,10-11H2,1-2H3/t13-/m0/s1. The molecule has 0 saturated carbocycles. The molecule has 0 unspecified atom stereocenters. The fourth-order valence-electron chi connectivity index (χ4n) is 2.39. The molecule has 0 amide bonds. The van der Waals surface area contributed by atoms with E-state index in [1.807, 2.05) is 0 Å². The van der Waals surface area contributed by atoms with Crippen LogP contribution in [0.15, 0.2) is 30.3 Å². The molecule has 1 fully saturated rings. The van der Waals surface area contributed by atoms with Crippen LogP contribution in [0.1, 0.15) is 31.7 Å². The molecule has 86 valence electrons. The molecule has 0 radical (unpaired) electrons. The lowest BCUT2D eigenvalue weighted by atomic mass is 9.80. The second-order valence-electron chi connectivity index (χ2n) is 4.77. The first-order chi connectivity index (χ1) is 7.71. The van der Waals surface area contributed by atoms with E-state index in [-0.39, 0.29) is 12.7 Å². The molecule has 1 aromatic carbocycles. The van der Waals surface area contributed by atoms with Crippen molar-refractivity contribution in [2.45, 2.75) is 38.6 Å². The third-order valence-electron chi connectivity index (χ3n) is 3.33. The van der Waals surface area contributed by atoms with Gasteiger partial charge in [-0.2, -0.15) is 0 Å². The third kappa shape index (κ3) is 2.66. The van der Waals surface area contributed by atoms with Gasteiger partial charge in [-0.1, -0.05) is 30.3 Å². The average Bonchev–Trinajstić information content (AvgIpc) is 2.27. The summed E-state index contributed by atoms with van der Waals surface area (Å²) in [5, 5.41) is 3.39. The minimum Gasteiger partial charge on any atom is -0.412 e. The Morgan fingerprint density at radius 3 is 2.75 bits per heavy atom. The van der Waals surface area contributed by atoms with Gasteiger partial charge < -0.3 is 9.88 Å². The van der Waals surface area contributed by atoms with Crippen LogP contribution >= 0.6 is 0 Å². The number of rotatable bonds is 1. The van der Waals surface area contributed by atoms with Gasteiger partial charge in [0.05, 0.1) is 5.60 Å². The number of nitrogens with one attached hydrogen (secondary N) is 1. The van der Waals surface area contributed by atoms with E-state index in [1.54, 1.807) is 0 Å². The van der Waals surface area contributed by atoms with Crippen molar-refractivity contribution in [3.8, 4) is 0 Å². The molecule has 16 heavy (non-hydrogen) atoms. The van der Waals surface area contributed by atoms with Crippen molar-refractivity contribution in [3.63, 3.8) is 0 Å². The predicted molar refractivity (Wildman–Crippen MR) is 68.4 cm³/mol. The summed E-state index contributed by atoms with van der Waals surface area (Å²) in [6.45, 7) is 5.35. The molecule has 2 rings (SSSR count). The van der Waals surface area contributed by atoms with Crippen LogP contribution in [0.25, 0.3) is 0 Å². The number of benzene rings is 1. The van der Waals surface area contributed by atoms with Crippen molar-refractivity contribution < 1.29 is 4.65 Å². The van der Waals surface area contributed by atoms with Crippen LogP contribution in [0.5, 0.6) is 0 Å². The SMILES string of the molecule is CB1NCCCC[C@@](C)(c2ccccc2)O1. The highest BCUT2D eigenvalue weighted by Crippen LogP contribution is 2.32. The summed E-state index contributed by atoms with van der Waals surface area (Å²) in [4.78, 5) is 0. The number of hydrogen-bond donors (Lipinski definition) is 1. The van der Waals surface area contributed by atoms with E-state index in [0.29, 0.717) is 0 Å². The topological polar surface area (TPSA) is 21.3 Å². The Morgan fingerprint density at radius 2 is 2.00 bits per heavy atom. The molecular weight excluding hydrogens is 197 g/mol. The van der Waals surface area contributed by atoms with Crippen LogP contribution in [0, 0.1) is 0 Å². The van der Waals surface area contributed by atoms with Crippen LogP contribution < -0.4 is 5.23 Å². The molecule has 0 aliphatic carbocycles. The fourth-order valence-corrected chi connectivity index (χ4v) is 2.39. The lowest BCUT2D eigenvalue weighted by molar-refractivity contribution is 0.0644. The van der Waals surface area contributed by atoms with E-state index in [1.165, 1.54) is 18.4 Å². The van der Waals surface area contributed by atoms with Gasteiger partial charge in [0.25, 0.3) is 0 Å². The first-order valence-electron chi connectivity index (χ1n) is 6.17. The molecule has 3 heteroatoms. The smallest absolute Gasteiger partial charge is 0.376 e. The van der Waals surface area contributed by atoms with Crippen LogP contribution in [-0.4, -0.2) is 13.6 Å². The molecule has 1 saturated heterocycles. The van der Waals surface area contributed by atoms with Gasteiger partial charge in [-0.3, -0.25) is 0 Å². The summed E-state index contributed by atoms with van der Waals surface area (Å²) < 4.78 is 6.15. The molecule has 0 bridgehead atoms. The van der Waals surface area contributed by atoms with Gasteiger partial charge in [-0.15, -0.1) is 0 Å². The minimum absolute atomic E-state index is 0.130. The van der Waals surface area contributed by atoms with Gasteiger partial charge in [-0.05, 0) is 45.1 Å². The van der Waals surface area contributed by atoms with Crippen LogP contribution in [0.4, 0.5) is 0 Å². The van der Waals surface area contributed by atoms with Crippen molar-refractivity contribution in [2.24, 2.45) is 0 Å². The zero-order valence-electron chi connectivity index (χ0n) is 10.2. The summed E-state index contributed by atoms with van der Waals surface area (Å²) in [6.07, 6.45) is 3.55. The Bertz CT molecular complexity index is 330. The Hall–Kier alpha value is -0.795. The maximum atomic E-state index is 6.15. The molecule has 0 aromatic heterocycles. The molecule has 0 spiro atoms. The van der Waals surface area contributed by atoms with E-state index in [2.05, 4.69) is 49.3 Å². The van der Waals surface area contributed by atoms with Crippen molar-refractivity contribution in [3.05, 3.63) is 35.9 Å². The second kappa shape index (κ2) is 5.02. The van der Waals surface area contributed by atoms with Crippen molar-refractivity contribution in [1.29, 1.82) is 0 Å². The Kier molecular flexibility index (Phi) is 3.67. The van der Waals surface area contributed by atoms with Crippen molar-refractivity contribution in [1.82, 2.24) is 5.23 Å². The predicted octanol–water partition coefficient (Wildman–Crippen LogP) is 2.81. The molecule has 1 aliphatic heterocycles. The largest absolute Gasteiger partial charge is 0.412 e. The lowest BCUT2D eigenvalue weighted by Crippen LogP contribution is -2.43. The Labute approximate surface area is 98.5 Å². The van der Waals surface area contributed by atoms with E-state index in [4.69, 9.17) is 4.65 Å². The van der Waals surface area contributed by atoms with Crippen LogP contribution in [-0.2, 0) is 10.3 Å². The zero-order valence-corrected chi connectivity index (χ0v) is 10.2. The highest BCUT2D eigenvalue weighted by atomic mass is 16.5. The maximum absolute atomic E-state index is 6.15. The molecule has 1 aliphatic rings. The van der Waals surface area contributed by atoms with Gasteiger partial charge in [0, 0.05) is 0 Å². The molecule has 1 aromatic rings. The summed E-state index contributed by atoms with van der Waals surface area (Å²) in [5.41, 5.74) is 1.14. The lowest BCUT2D eigenvalue weighted by Gasteiger charge is -2.35. The van der Waals surface area contributed by atoms with E-state index in [9.17, 15) is 0 Å². The minimum atomic E-state index is -0.145. The molecule has 1 atom stereocenters. The number of hydrogen-bond acceptors (Lipinski definition) is 2. The summed E-state index contributed by atoms with van der Waals surface area (Å²) in [6, 6.07) is 10.5. The molecule has 2 nitrogen and oxygen atoms in total. The van der Waals surface area contributed by atoms with Gasteiger partial charge in [0.1, 0.15) is 0 Å². The van der Waals surface area contributed by atoms with E-state index < -0.39 is 0 Å². The Balaban J connectivity index is 2.20. The summed E-state index contributed by atoms with van der Waals surface area (Å²) in [7, 11) is 0.130. The van der Waals surface area contributed by atoms with Crippen LogP contribution in [0.2, 0.25) is 6.82 Å².